The Morgan fingerprint density at radius 3 is 1.32 bits per heavy atom. The van der Waals surface area contributed by atoms with Gasteiger partial charge in [-0.05, 0) is 21.1 Å². The minimum atomic E-state index is -1.11. The Morgan fingerprint density at radius 2 is 1.05 bits per heavy atom. The first-order chi connectivity index (χ1) is 8.66. The molecule has 0 aliphatic heterocycles. The molecule has 2 rings (SSSR count). The summed E-state index contributed by atoms with van der Waals surface area (Å²) in [5.41, 5.74) is 0. The van der Waals surface area contributed by atoms with Crippen LogP contribution in [0.5, 0.6) is 0 Å². The zero-order chi connectivity index (χ0) is 14.3. The van der Waals surface area contributed by atoms with Gasteiger partial charge in [-0.25, -0.2) is 0 Å². The number of thiophene rings is 2. The fraction of sp³-hybridized carbons (Fsp3) is 0.429. The van der Waals surface area contributed by atoms with Crippen LogP contribution in [-0.2, 0) is 0 Å². The van der Waals surface area contributed by atoms with Crippen molar-refractivity contribution in [3.63, 3.8) is 0 Å². The average molecular weight is 438 g/mol. The first kappa shape index (κ1) is 15.9. The van der Waals surface area contributed by atoms with E-state index in [1.165, 1.54) is 0 Å². The molecular weight excluding hydrogens is 415 g/mol. The second-order valence-electron chi connectivity index (χ2n) is 6.80. The largest absolute Gasteiger partial charge is 0.381 e. The molecule has 0 bridgehead atoms. The molecule has 0 nitrogen and oxygen atoms in total. The SMILES string of the molecule is C[Si](C)(C)c1ccc([I+]c2ccc([Si](C)(C)C)s2)s1. The molecule has 2 aromatic rings. The monoisotopic (exact) mass is 437 g/mol. The summed E-state index contributed by atoms with van der Waals surface area (Å²) >= 11 is 4.22. The van der Waals surface area contributed by atoms with Crippen LogP contribution in [-0.4, -0.2) is 16.1 Å². The molecule has 2 heterocycles. The maximum Gasteiger partial charge on any atom is 0.381 e. The highest BCUT2D eigenvalue weighted by Crippen LogP contribution is 2.08. The van der Waals surface area contributed by atoms with E-state index >= 15 is 0 Å². The van der Waals surface area contributed by atoms with Crippen LogP contribution in [0.1, 0.15) is 0 Å². The summed E-state index contributed by atoms with van der Waals surface area (Å²) in [4.78, 5) is 0. The Hall–Kier alpha value is 0.564. The first-order valence-corrected chi connectivity index (χ1v) is 17.3. The van der Waals surface area contributed by atoms with Crippen molar-refractivity contribution in [2.24, 2.45) is 0 Å². The highest BCUT2D eigenvalue weighted by atomic mass is 127. The normalized spacial score (nSPS) is 12.9. The number of halogens is 1. The molecule has 0 aliphatic rings. The fourth-order valence-electron chi connectivity index (χ4n) is 1.63. The molecule has 0 aromatic carbocycles. The summed E-state index contributed by atoms with van der Waals surface area (Å²) in [7, 11) is -2.22. The lowest BCUT2D eigenvalue weighted by molar-refractivity contribution is -0.585. The zero-order valence-electron chi connectivity index (χ0n) is 12.5. The third-order valence-corrected chi connectivity index (χ3v) is 15.9. The molecule has 0 aliphatic carbocycles. The Morgan fingerprint density at radius 1 is 0.684 bits per heavy atom. The molecule has 104 valence electrons. The van der Waals surface area contributed by atoms with Crippen LogP contribution < -0.4 is 30.2 Å². The maximum atomic E-state index is 2.44. The molecule has 0 atom stereocenters. The molecule has 0 spiro atoms. The summed E-state index contributed by atoms with van der Waals surface area (Å²) < 4.78 is 6.59. The van der Waals surface area contributed by atoms with Gasteiger partial charge in [0.05, 0.1) is 16.1 Å². The van der Waals surface area contributed by atoms with Crippen molar-refractivity contribution >= 4 is 47.8 Å². The zero-order valence-corrected chi connectivity index (χ0v) is 18.3. The minimum absolute atomic E-state index is 0.0552. The van der Waals surface area contributed by atoms with Crippen LogP contribution in [0.4, 0.5) is 0 Å². The van der Waals surface area contributed by atoms with Crippen molar-refractivity contribution in [1.82, 2.24) is 0 Å². The van der Waals surface area contributed by atoms with E-state index in [1.807, 2.05) is 0 Å². The lowest BCUT2D eigenvalue weighted by Crippen LogP contribution is -3.61. The third kappa shape index (κ3) is 4.26. The molecule has 0 saturated carbocycles. The molecular formula is C14H22IS2Si2+. The summed E-state index contributed by atoms with van der Waals surface area (Å²) in [6.45, 7) is 14.6. The van der Waals surface area contributed by atoms with Crippen molar-refractivity contribution < 1.29 is 21.2 Å². The minimum Gasteiger partial charge on any atom is -0.0974 e. The van der Waals surface area contributed by atoms with Crippen LogP contribution in [0.25, 0.3) is 0 Å². The molecule has 5 heteroatoms. The van der Waals surface area contributed by atoms with Crippen molar-refractivity contribution in [3.8, 4) is 0 Å². The molecule has 0 radical (unpaired) electrons. The summed E-state index contributed by atoms with van der Waals surface area (Å²) in [5, 5.41) is 0. The van der Waals surface area contributed by atoms with Gasteiger partial charge in [-0.3, -0.25) is 0 Å². The molecule has 19 heavy (non-hydrogen) atoms. The Labute approximate surface area is 137 Å². The molecule has 0 N–H and O–H groups in total. The van der Waals surface area contributed by atoms with Crippen LogP contribution in [0.15, 0.2) is 24.3 Å². The van der Waals surface area contributed by atoms with Crippen molar-refractivity contribution in [2.75, 3.05) is 0 Å². The van der Waals surface area contributed by atoms with Crippen LogP contribution in [0.2, 0.25) is 39.3 Å². The van der Waals surface area contributed by atoms with Gasteiger partial charge >= 0.3 is 21.2 Å². The lowest BCUT2D eigenvalue weighted by atomic mass is 10.7. The van der Waals surface area contributed by atoms with Crippen molar-refractivity contribution in [2.45, 2.75) is 39.3 Å². The standard InChI is InChI=1S/C14H22IS2Si2/c1-18(2,3)13-9-7-11(16-13)15-12-8-10-14(17-12)19(4,5)6/h7-10H,1-6H3/q+1. The van der Waals surface area contributed by atoms with E-state index in [9.17, 15) is 0 Å². The molecule has 2 aromatic heterocycles. The summed E-state index contributed by atoms with van der Waals surface area (Å²) in [6, 6.07) is 9.55. The second-order valence-corrected chi connectivity index (χ2v) is 24.1. The molecule has 0 fully saturated rings. The van der Waals surface area contributed by atoms with E-state index in [0.29, 0.717) is 0 Å². The number of rotatable bonds is 4. The van der Waals surface area contributed by atoms with E-state index in [1.54, 1.807) is 14.8 Å². The predicted molar refractivity (Wildman–Crippen MR) is 92.0 cm³/mol. The maximum absolute atomic E-state index is 2.44. The third-order valence-electron chi connectivity index (χ3n) is 2.81. The Bertz CT molecular complexity index is 508. The molecule has 0 saturated heterocycles. The first-order valence-electron chi connectivity index (χ1n) is 6.52. The Balaban J connectivity index is 2.14. The lowest BCUT2D eigenvalue weighted by Gasteiger charge is -2.11. The quantitative estimate of drug-likeness (QED) is 0.495. The smallest absolute Gasteiger partial charge is 0.0974 e. The highest BCUT2D eigenvalue weighted by molar-refractivity contribution is 7.25. The summed E-state index contributed by atoms with van der Waals surface area (Å²) in [5.74, 6) is 0. The highest BCUT2D eigenvalue weighted by Gasteiger charge is 2.27. The van der Waals surface area contributed by atoms with E-state index in [2.05, 4.69) is 86.2 Å². The van der Waals surface area contributed by atoms with Gasteiger partial charge in [0.15, 0.2) is 0 Å². The molecule has 0 unspecified atom stereocenters. The summed E-state index contributed by atoms with van der Waals surface area (Å²) in [6.07, 6.45) is 0. The van der Waals surface area contributed by atoms with E-state index < -0.39 is 16.1 Å². The van der Waals surface area contributed by atoms with Crippen molar-refractivity contribution in [1.29, 1.82) is 0 Å². The number of hydrogen-bond acceptors (Lipinski definition) is 2. The second kappa shape index (κ2) is 5.75. The fourth-order valence-corrected chi connectivity index (χ4v) is 13.0. The van der Waals surface area contributed by atoms with Gasteiger partial charge in [0.2, 0.25) is 5.77 Å². The van der Waals surface area contributed by atoms with Crippen LogP contribution >= 0.6 is 22.7 Å². The molecule has 0 amide bonds. The predicted octanol–water partition coefficient (Wildman–Crippen LogP) is 1.03. The van der Waals surface area contributed by atoms with Gasteiger partial charge in [0, 0.05) is 12.1 Å². The van der Waals surface area contributed by atoms with Gasteiger partial charge < -0.3 is 0 Å². The average Bonchev–Trinajstić information content (AvgIpc) is 2.84. The van der Waals surface area contributed by atoms with Crippen LogP contribution in [0.3, 0.4) is 0 Å². The van der Waals surface area contributed by atoms with E-state index in [0.717, 1.165) is 0 Å². The topological polar surface area (TPSA) is 0 Å². The van der Waals surface area contributed by atoms with Gasteiger partial charge in [-0.1, -0.05) is 62.0 Å². The van der Waals surface area contributed by atoms with Crippen molar-refractivity contribution in [3.05, 3.63) is 30.0 Å². The van der Waals surface area contributed by atoms with Gasteiger partial charge in [0.1, 0.15) is 0 Å². The van der Waals surface area contributed by atoms with Gasteiger partial charge in [0.25, 0.3) is 0 Å². The van der Waals surface area contributed by atoms with E-state index in [4.69, 9.17) is 0 Å². The van der Waals surface area contributed by atoms with Crippen LogP contribution in [0, 0.1) is 5.77 Å². The Kier molecular flexibility index (Phi) is 4.82. The number of hydrogen-bond donors (Lipinski definition) is 0. The van der Waals surface area contributed by atoms with E-state index in [-0.39, 0.29) is 21.2 Å². The van der Waals surface area contributed by atoms with Gasteiger partial charge in [-0.15, -0.1) is 0 Å². The van der Waals surface area contributed by atoms with Gasteiger partial charge in [-0.2, -0.15) is 0 Å².